The Labute approximate surface area is 142 Å². The molecule has 1 heterocycles. The van der Waals surface area contributed by atoms with Crippen molar-refractivity contribution in [1.82, 2.24) is 0 Å². The van der Waals surface area contributed by atoms with Crippen LogP contribution >= 0.6 is 34.8 Å². The molecule has 1 aliphatic heterocycles. The topological polar surface area (TPSA) is 27.7 Å². The number of hydrogen-bond donors (Lipinski definition) is 0. The molecule has 6 heteroatoms. The van der Waals surface area contributed by atoms with E-state index >= 15 is 0 Å². The molecule has 4 rings (SSSR count). The molecule has 0 unspecified atom stereocenters. The van der Waals surface area contributed by atoms with Gasteiger partial charge in [-0.05, 0) is 23.1 Å². The highest BCUT2D eigenvalue weighted by molar-refractivity contribution is 6.49. The van der Waals surface area contributed by atoms with E-state index in [1.54, 1.807) is 0 Å². The van der Waals surface area contributed by atoms with E-state index in [-0.39, 0.29) is 13.6 Å². The van der Waals surface area contributed by atoms with Gasteiger partial charge in [0.2, 0.25) is 0 Å². The predicted molar refractivity (Wildman–Crippen MR) is 85.4 cm³/mol. The van der Waals surface area contributed by atoms with Gasteiger partial charge in [-0.15, -0.1) is 0 Å². The van der Waals surface area contributed by atoms with Crippen LogP contribution < -0.4 is 0 Å². The zero-order valence-corrected chi connectivity index (χ0v) is 13.6. The third-order valence-electron chi connectivity index (χ3n) is 3.96. The highest BCUT2D eigenvalue weighted by Gasteiger charge is 2.33. The van der Waals surface area contributed by atoms with E-state index in [0.717, 1.165) is 28.7 Å². The fraction of sp³-hybridized carbons (Fsp3) is 0.250. The van der Waals surface area contributed by atoms with Crippen molar-refractivity contribution in [2.24, 2.45) is 0 Å². The van der Waals surface area contributed by atoms with Crippen LogP contribution in [0.2, 0.25) is 15.1 Å². The molecule has 114 valence electrons. The Morgan fingerprint density at radius 1 is 0.909 bits per heavy atom. The highest BCUT2D eigenvalue weighted by Crippen LogP contribution is 2.51. The lowest BCUT2D eigenvalue weighted by atomic mass is 10.0. The van der Waals surface area contributed by atoms with Gasteiger partial charge in [0.1, 0.15) is 0 Å². The lowest BCUT2D eigenvalue weighted by molar-refractivity contribution is -0.303. The van der Waals surface area contributed by atoms with Crippen LogP contribution in [-0.4, -0.2) is 13.6 Å². The van der Waals surface area contributed by atoms with Gasteiger partial charge in [0.15, 0.2) is 19.9 Å². The van der Waals surface area contributed by atoms with Gasteiger partial charge < -0.3 is 14.2 Å². The molecule has 0 bridgehead atoms. The van der Waals surface area contributed by atoms with Gasteiger partial charge in [0.05, 0.1) is 15.1 Å². The molecule has 2 aliphatic rings. The summed E-state index contributed by atoms with van der Waals surface area (Å²) >= 11 is 19.2. The van der Waals surface area contributed by atoms with Crippen molar-refractivity contribution >= 4 is 34.8 Å². The SMILES string of the molecule is Clc1c(Cl)c2c(c(C3OCOCO3)c1Cl)Cc1ccccc1-2. The summed E-state index contributed by atoms with van der Waals surface area (Å²) in [5, 5.41) is 1.18. The van der Waals surface area contributed by atoms with Crippen molar-refractivity contribution < 1.29 is 14.2 Å². The second kappa shape index (κ2) is 5.68. The van der Waals surface area contributed by atoms with Gasteiger partial charge in [-0.25, -0.2) is 0 Å². The number of ether oxygens (including phenoxy) is 3. The van der Waals surface area contributed by atoms with E-state index in [2.05, 4.69) is 6.07 Å². The van der Waals surface area contributed by atoms with E-state index in [1.807, 2.05) is 18.2 Å². The summed E-state index contributed by atoms with van der Waals surface area (Å²) in [4.78, 5) is 0. The predicted octanol–water partition coefficient (Wildman–Crippen LogP) is 5.20. The third kappa shape index (κ3) is 2.16. The Hall–Kier alpha value is -0.810. The summed E-state index contributed by atoms with van der Waals surface area (Å²) in [7, 11) is 0. The van der Waals surface area contributed by atoms with Gasteiger partial charge in [-0.1, -0.05) is 59.1 Å². The monoisotopic (exact) mass is 356 g/mol. The Bertz CT molecular complexity index is 755. The van der Waals surface area contributed by atoms with E-state index in [0.29, 0.717) is 15.1 Å². The lowest BCUT2D eigenvalue weighted by Gasteiger charge is -2.27. The minimum Gasteiger partial charge on any atom is -0.329 e. The van der Waals surface area contributed by atoms with Gasteiger partial charge in [0.25, 0.3) is 0 Å². The molecule has 2 aromatic carbocycles. The summed E-state index contributed by atoms with van der Waals surface area (Å²) < 4.78 is 16.1. The average Bonchev–Trinajstić information content (AvgIpc) is 2.93. The largest absolute Gasteiger partial charge is 0.329 e. The number of benzene rings is 2. The standard InChI is InChI=1S/C16H11Cl3O3/c17-13-11-9-4-2-1-3-8(9)5-10(11)12(14(18)15(13)19)16-21-6-20-7-22-16/h1-4,16H,5-7H2. The Morgan fingerprint density at radius 3 is 2.41 bits per heavy atom. The number of fused-ring (bicyclic) bond motifs is 3. The first-order valence-corrected chi connectivity index (χ1v) is 7.90. The minimum absolute atomic E-state index is 0.156. The summed E-state index contributed by atoms with van der Waals surface area (Å²) in [6, 6.07) is 8.09. The summed E-state index contributed by atoms with van der Waals surface area (Å²) in [6.45, 7) is 0.311. The van der Waals surface area contributed by atoms with E-state index in [4.69, 9.17) is 49.0 Å². The molecule has 1 fully saturated rings. The molecule has 0 aromatic heterocycles. The minimum atomic E-state index is -0.598. The summed E-state index contributed by atoms with van der Waals surface area (Å²) in [5.74, 6) is 0. The van der Waals surface area contributed by atoms with Crippen LogP contribution in [0.3, 0.4) is 0 Å². The Balaban J connectivity index is 1.96. The van der Waals surface area contributed by atoms with Crippen LogP contribution in [0, 0.1) is 0 Å². The van der Waals surface area contributed by atoms with E-state index in [1.165, 1.54) is 5.56 Å². The molecular formula is C16H11Cl3O3. The maximum Gasteiger partial charge on any atom is 0.191 e. The summed E-state index contributed by atoms with van der Waals surface area (Å²) in [6.07, 6.45) is 0.126. The molecule has 3 nitrogen and oxygen atoms in total. The number of hydrogen-bond acceptors (Lipinski definition) is 3. The van der Waals surface area contributed by atoms with Gasteiger partial charge >= 0.3 is 0 Å². The fourth-order valence-electron chi connectivity index (χ4n) is 3.01. The maximum absolute atomic E-state index is 6.46. The van der Waals surface area contributed by atoms with Crippen LogP contribution in [-0.2, 0) is 20.6 Å². The Morgan fingerprint density at radius 2 is 1.64 bits per heavy atom. The molecule has 0 amide bonds. The normalized spacial score (nSPS) is 17.4. The van der Waals surface area contributed by atoms with Crippen LogP contribution in [0.4, 0.5) is 0 Å². The fourth-order valence-corrected chi connectivity index (χ4v) is 3.86. The molecule has 1 saturated heterocycles. The molecule has 0 N–H and O–H groups in total. The molecule has 22 heavy (non-hydrogen) atoms. The zero-order valence-electron chi connectivity index (χ0n) is 11.4. The molecule has 0 saturated carbocycles. The second-order valence-corrected chi connectivity index (χ2v) is 6.28. The highest BCUT2D eigenvalue weighted by atomic mass is 35.5. The van der Waals surface area contributed by atoms with Gasteiger partial charge in [0, 0.05) is 11.1 Å². The molecular weight excluding hydrogens is 347 g/mol. The first kappa shape index (κ1) is 14.8. The van der Waals surface area contributed by atoms with E-state index in [9.17, 15) is 0 Å². The van der Waals surface area contributed by atoms with Gasteiger partial charge in [-0.3, -0.25) is 0 Å². The van der Waals surface area contributed by atoms with Crippen molar-refractivity contribution in [2.75, 3.05) is 13.6 Å². The van der Waals surface area contributed by atoms with Crippen LogP contribution in [0.5, 0.6) is 0 Å². The van der Waals surface area contributed by atoms with Crippen molar-refractivity contribution in [3.8, 4) is 11.1 Å². The van der Waals surface area contributed by atoms with Crippen molar-refractivity contribution in [3.63, 3.8) is 0 Å². The quantitative estimate of drug-likeness (QED) is 0.561. The van der Waals surface area contributed by atoms with E-state index < -0.39 is 6.29 Å². The molecule has 0 spiro atoms. The van der Waals surface area contributed by atoms with Crippen LogP contribution in [0.25, 0.3) is 11.1 Å². The second-order valence-electron chi connectivity index (χ2n) is 5.15. The molecule has 0 atom stereocenters. The zero-order chi connectivity index (χ0) is 15.3. The van der Waals surface area contributed by atoms with Crippen molar-refractivity contribution in [1.29, 1.82) is 0 Å². The smallest absolute Gasteiger partial charge is 0.191 e. The average molecular weight is 358 g/mol. The number of rotatable bonds is 1. The first-order valence-electron chi connectivity index (χ1n) is 6.77. The third-order valence-corrected chi connectivity index (χ3v) is 5.31. The number of halogens is 3. The maximum atomic E-state index is 6.46. The van der Waals surface area contributed by atoms with Crippen molar-refractivity contribution in [2.45, 2.75) is 12.7 Å². The van der Waals surface area contributed by atoms with Crippen LogP contribution in [0.15, 0.2) is 24.3 Å². The van der Waals surface area contributed by atoms with Crippen LogP contribution in [0.1, 0.15) is 23.0 Å². The summed E-state index contributed by atoms with van der Waals surface area (Å²) in [5.41, 5.74) is 4.93. The Kier molecular flexibility index (Phi) is 3.81. The van der Waals surface area contributed by atoms with Gasteiger partial charge in [-0.2, -0.15) is 0 Å². The molecule has 2 aromatic rings. The van der Waals surface area contributed by atoms with Crippen molar-refractivity contribution in [3.05, 3.63) is 56.0 Å². The molecule has 0 radical (unpaired) electrons. The first-order chi connectivity index (χ1) is 10.7. The lowest BCUT2D eigenvalue weighted by Crippen LogP contribution is -2.21. The molecule has 1 aliphatic carbocycles.